The van der Waals surface area contributed by atoms with Gasteiger partial charge in [-0.2, -0.15) is 10.4 Å². The molecule has 0 radical (unpaired) electrons. The van der Waals surface area contributed by atoms with Crippen LogP contribution in [0.1, 0.15) is 27.2 Å². The lowest BCUT2D eigenvalue weighted by Gasteiger charge is -2.21. The average Bonchev–Trinajstić information content (AvgIpc) is 2.89. The van der Waals surface area contributed by atoms with Gasteiger partial charge in [-0.25, -0.2) is 0 Å². The maximum Gasteiger partial charge on any atom is 0.255 e. The van der Waals surface area contributed by atoms with Crippen LogP contribution >= 0.6 is 0 Å². The molecule has 1 amide bonds. The Kier molecular flexibility index (Phi) is 4.47. The van der Waals surface area contributed by atoms with Gasteiger partial charge in [-0.3, -0.25) is 9.48 Å². The third-order valence-corrected chi connectivity index (χ3v) is 5.14. The van der Waals surface area contributed by atoms with Crippen LogP contribution in [0, 0.1) is 11.3 Å². The summed E-state index contributed by atoms with van der Waals surface area (Å²) in [6.07, 6.45) is 1.51. The van der Waals surface area contributed by atoms with Crippen LogP contribution in [0.2, 0.25) is 0 Å². The zero-order chi connectivity index (χ0) is 18.8. The molecule has 27 heavy (non-hydrogen) atoms. The Morgan fingerprint density at radius 2 is 1.74 bits per heavy atom. The minimum Gasteiger partial charge on any atom is -0.338 e. The number of rotatable bonds is 2. The molecule has 2 heterocycles. The second-order valence-corrected chi connectivity index (χ2v) is 6.71. The lowest BCUT2D eigenvalue weighted by molar-refractivity contribution is 0.0762. The predicted molar refractivity (Wildman–Crippen MR) is 103 cm³/mol. The number of fused-ring (bicyclic) bond motifs is 1. The zero-order valence-corrected chi connectivity index (χ0v) is 15.2. The molecule has 0 N–H and O–H groups in total. The molecule has 0 fully saturated rings. The van der Waals surface area contributed by atoms with Crippen LogP contribution in [0.25, 0.3) is 11.3 Å². The first kappa shape index (κ1) is 17.0. The highest BCUT2D eigenvalue weighted by atomic mass is 16.2. The number of nitriles is 1. The van der Waals surface area contributed by atoms with Crippen LogP contribution in [0.5, 0.6) is 0 Å². The number of carbonyl (C=O) groups excluding carboxylic acids is 1. The summed E-state index contributed by atoms with van der Waals surface area (Å²) in [5, 5.41) is 14.0. The van der Waals surface area contributed by atoms with E-state index in [1.54, 1.807) is 24.3 Å². The van der Waals surface area contributed by atoms with Gasteiger partial charge in [-0.05, 0) is 18.6 Å². The van der Waals surface area contributed by atoms with E-state index in [1.165, 1.54) is 11.3 Å². The van der Waals surface area contributed by atoms with Crippen molar-refractivity contribution in [1.82, 2.24) is 14.7 Å². The quantitative estimate of drug-likeness (QED) is 0.708. The summed E-state index contributed by atoms with van der Waals surface area (Å²) in [5.74, 6) is -0.0748. The summed E-state index contributed by atoms with van der Waals surface area (Å²) in [4.78, 5) is 14.8. The number of hydrogen-bond donors (Lipinski definition) is 0. The Bertz CT molecular complexity index is 1030. The Labute approximate surface area is 158 Å². The molecule has 5 nitrogen and oxygen atoms in total. The van der Waals surface area contributed by atoms with Crippen LogP contribution in [0.4, 0.5) is 0 Å². The third-order valence-electron chi connectivity index (χ3n) is 5.14. The van der Waals surface area contributed by atoms with E-state index in [0.29, 0.717) is 24.2 Å². The lowest BCUT2D eigenvalue weighted by Crippen LogP contribution is -2.34. The fourth-order valence-electron chi connectivity index (χ4n) is 3.75. The largest absolute Gasteiger partial charge is 0.338 e. The molecule has 0 aliphatic carbocycles. The van der Waals surface area contributed by atoms with Gasteiger partial charge >= 0.3 is 0 Å². The molecule has 134 valence electrons. The molecule has 0 saturated carbocycles. The fourth-order valence-corrected chi connectivity index (χ4v) is 3.75. The molecule has 2 aromatic carbocycles. The molecular formula is C22H20N4O. The highest BCUT2D eigenvalue weighted by Crippen LogP contribution is 2.28. The van der Waals surface area contributed by atoms with E-state index in [-0.39, 0.29) is 5.91 Å². The van der Waals surface area contributed by atoms with Gasteiger partial charge in [0.05, 0.1) is 22.9 Å². The molecular weight excluding hydrogens is 336 g/mol. The summed E-state index contributed by atoms with van der Waals surface area (Å²) in [5.41, 5.74) is 5.40. The van der Waals surface area contributed by atoms with Gasteiger partial charge < -0.3 is 4.90 Å². The SMILES string of the molecule is Cn1nc(-c2ccccc2)c2c1CCN(C(=O)c1ccccc1C#N)CC2. The van der Waals surface area contributed by atoms with Crippen molar-refractivity contribution in [3.63, 3.8) is 0 Å². The first-order valence-electron chi connectivity index (χ1n) is 9.07. The maximum absolute atomic E-state index is 13.0. The topological polar surface area (TPSA) is 61.9 Å². The van der Waals surface area contributed by atoms with Gasteiger partial charge in [-0.1, -0.05) is 42.5 Å². The van der Waals surface area contributed by atoms with E-state index in [2.05, 4.69) is 18.2 Å². The van der Waals surface area contributed by atoms with Crippen LogP contribution < -0.4 is 0 Å². The number of amides is 1. The number of aryl methyl sites for hydroxylation is 1. The van der Waals surface area contributed by atoms with Crippen LogP contribution in [-0.2, 0) is 19.9 Å². The number of nitrogens with zero attached hydrogens (tertiary/aromatic N) is 4. The molecule has 1 aliphatic rings. The third kappa shape index (κ3) is 3.11. The van der Waals surface area contributed by atoms with Gasteiger partial charge in [0, 0.05) is 43.4 Å². The van der Waals surface area contributed by atoms with Crippen molar-refractivity contribution in [2.45, 2.75) is 12.8 Å². The first-order chi connectivity index (χ1) is 13.2. The normalized spacial score (nSPS) is 13.6. The molecule has 0 bridgehead atoms. The van der Waals surface area contributed by atoms with E-state index in [1.807, 2.05) is 34.8 Å². The van der Waals surface area contributed by atoms with Crippen LogP contribution in [0.3, 0.4) is 0 Å². The van der Waals surface area contributed by atoms with Crippen LogP contribution in [0.15, 0.2) is 54.6 Å². The van der Waals surface area contributed by atoms with Gasteiger partial charge in [0.25, 0.3) is 5.91 Å². The Morgan fingerprint density at radius 1 is 1.04 bits per heavy atom. The fraction of sp³-hybridized carbons (Fsp3) is 0.227. The van der Waals surface area contributed by atoms with Crippen molar-refractivity contribution in [3.8, 4) is 17.3 Å². The van der Waals surface area contributed by atoms with Gasteiger partial charge in [0.1, 0.15) is 0 Å². The second-order valence-electron chi connectivity index (χ2n) is 6.71. The van der Waals surface area contributed by atoms with E-state index in [0.717, 1.165) is 24.1 Å². The van der Waals surface area contributed by atoms with Crippen molar-refractivity contribution >= 4 is 5.91 Å². The zero-order valence-electron chi connectivity index (χ0n) is 15.2. The molecule has 0 spiro atoms. The summed E-state index contributed by atoms with van der Waals surface area (Å²) in [6, 6.07) is 19.3. The molecule has 0 atom stereocenters. The molecule has 0 saturated heterocycles. The monoisotopic (exact) mass is 356 g/mol. The Morgan fingerprint density at radius 3 is 2.52 bits per heavy atom. The van der Waals surface area contributed by atoms with Gasteiger partial charge in [0.2, 0.25) is 0 Å². The predicted octanol–water partition coefficient (Wildman–Crippen LogP) is 3.20. The number of hydrogen-bond acceptors (Lipinski definition) is 3. The number of benzene rings is 2. The van der Waals surface area contributed by atoms with E-state index >= 15 is 0 Å². The highest BCUT2D eigenvalue weighted by Gasteiger charge is 2.25. The van der Waals surface area contributed by atoms with Crippen molar-refractivity contribution in [2.24, 2.45) is 7.05 Å². The van der Waals surface area contributed by atoms with Crippen LogP contribution in [-0.4, -0.2) is 33.7 Å². The molecule has 4 rings (SSSR count). The van der Waals surface area contributed by atoms with Crippen molar-refractivity contribution < 1.29 is 4.79 Å². The summed E-state index contributed by atoms with van der Waals surface area (Å²) < 4.78 is 1.94. The standard InChI is InChI=1S/C22H20N4O/c1-25-20-12-14-26(22(27)18-10-6-5-9-17(18)15-23)13-11-19(20)21(24-25)16-7-3-2-4-8-16/h2-10H,11-14H2,1H3. The lowest BCUT2D eigenvalue weighted by atomic mass is 10.0. The minimum atomic E-state index is -0.0748. The summed E-state index contributed by atoms with van der Waals surface area (Å²) >= 11 is 0. The van der Waals surface area contributed by atoms with Gasteiger partial charge in [0.15, 0.2) is 0 Å². The maximum atomic E-state index is 13.0. The van der Waals surface area contributed by atoms with E-state index in [4.69, 9.17) is 5.10 Å². The van der Waals surface area contributed by atoms with Crippen molar-refractivity contribution in [1.29, 1.82) is 5.26 Å². The average molecular weight is 356 g/mol. The van der Waals surface area contributed by atoms with Gasteiger partial charge in [-0.15, -0.1) is 0 Å². The van der Waals surface area contributed by atoms with E-state index in [9.17, 15) is 10.1 Å². The summed E-state index contributed by atoms with van der Waals surface area (Å²) in [7, 11) is 1.97. The van der Waals surface area contributed by atoms with Crippen molar-refractivity contribution in [3.05, 3.63) is 77.0 Å². The molecule has 0 unspecified atom stereocenters. The van der Waals surface area contributed by atoms with E-state index < -0.39 is 0 Å². The summed E-state index contributed by atoms with van der Waals surface area (Å²) in [6.45, 7) is 1.25. The Hall–Kier alpha value is -3.39. The Balaban J connectivity index is 1.63. The number of carbonyl (C=O) groups is 1. The molecule has 5 heteroatoms. The first-order valence-corrected chi connectivity index (χ1v) is 9.07. The second kappa shape index (κ2) is 7.08. The van der Waals surface area contributed by atoms with Crippen molar-refractivity contribution in [2.75, 3.05) is 13.1 Å². The minimum absolute atomic E-state index is 0.0748. The molecule has 1 aliphatic heterocycles. The molecule has 3 aromatic rings. The number of aromatic nitrogens is 2. The smallest absolute Gasteiger partial charge is 0.255 e. The highest BCUT2D eigenvalue weighted by molar-refractivity contribution is 5.96. The molecule has 1 aromatic heterocycles.